The Morgan fingerprint density at radius 1 is 0.809 bits per heavy atom. The zero-order valence-corrected chi connectivity index (χ0v) is 26.2. The Morgan fingerprint density at radius 3 is 2.17 bits per heavy atom. The molecule has 0 radical (unpaired) electrons. The van der Waals surface area contributed by atoms with Crippen LogP contribution < -0.4 is 21.5 Å². The van der Waals surface area contributed by atoms with E-state index in [1.54, 1.807) is 6.92 Å². The lowest BCUT2D eigenvalue weighted by molar-refractivity contribution is -0.142. The normalized spacial score (nSPS) is 13.0. The molecule has 1 aliphatic carbocycles. The minimum Gasteiger partial charge on any atom is -0.461 e. The highest BCUT2D eigenvalue weighted by molar-refractivity contribution is 5.88. The molecule has 2 atom stereocenters. The van der Waals surface area contributed by atoms with Gasteiger partial charge in [0, 0.05) is 24.8 Å². The summed E-state index contributed by atoms with van der Waals surface area (Å²) in [5.41, 5.74) is 9.90. The molecule has 4 amide bonds. The van der Waals surface area contributed by atoms with Crippen LogP contribution in [0.2, 0.25) is 0 Å². The first-order valence-corrected chi connectivity index (χ1v) is 15.5. The molecule has 0 fully saturated rings. The lowest BCUT2D eigenvalue weighted by Crippen LogP contribution is -2.55. The van der Waals surface area contributed by atoms with Crippen molar-refractivity contribution in [3.05, 3.63) is 120 Å². The van der Waals surface area contributed by atoms with Crippen LogP contribution in [0, 0.1) is 0 Å². The summed E-state index contributed by atoms with van der Waals surface area (Å²) in [5, 5.41) is 7.39. The van der Waals surface area contributed by atoms with Crippen molar-refractivity contribution >= 4 is 34.8 Å². The largest absolute Gasteiger partial charge is 0.461 e. The quantitative estimate of drug-likeness (QED) is 0.0922. The number of benzene rings is 4. The van der Waals surface area contributed by atoms with E-state index in [-0.39, 0.29) is 38.0 Å². The Balaban J connectivity index is 1.21. The van der Waals surface area contributed by atoms with Gasteiger partial charge in [-0.15, -0.1) is 0 Å². The van der Waals surface area contributed by atoms with Gasteiger partial charge in [-0.25, -0.2) is 15.0 Å². The van der Waals surface area contributed by atoms with Crippen LogP contribution in [0.1, 0.15) is 42.4 Å². The highest BCUT2D eigenvalue weighted by Crippen LogP contribution is 2.44. The van der Waals surface area contributed by atoms with Crippen LogP contribution in [0.25, 0.3) is 21.9 Å². The highest BCUT2D eigenvalue weighted by Gasteiger charge is 2.30. The van der Waals surface area contributed by atoms with Gasteiger partial charge < -0.3 is 20.1 Å². The van der Waals surface area contributed by atoms with Crippen molar-refractivity contribution < 1.29 is 28.7 Å². The molecule has 0 heterocycles. The number of esters is 1. The smallest absolute Gasteiger partial charge is 0.407 e. The van der Waals surface area contributed by atoms with Gasteiger partial charge in [0.05, 0.1) is 0 Å². The van der Waals surface area contributed by atoms with Crippen molar-refractivity contribution in [2.24, 2.45) is 0 Å². The van der Waals surface area contributed by atoms with Crippen LogP contribution in [0.3, 0.4) is 0 Å². The second-order valence-electron chi connectivity index (χ2n) is 11.4. The Morgan fingerprint density at radius 2 is 1.47 bits per heavy atom. The van der Waals surface area contributed by atoms with Gasteiger partial charge in [-0.2, -0.15) is 0 Å². The van der Waals surface area contributed by atoms with E-state index < -0.39 is 30.0 Å². The van der Waals surface area contributed by atoms with Gasteiger partial charge in [0.15, 0.2) is 0 Å². The summed E-state index contributed by atoms with van der Waals surface area (Å²) in [7, 11) is 0. The third kappa shape index (κ3) is 8.55. The molecule has 0 saturated carbocycles. The fourth-order valence-corrected chi connectivity index (χ4v) is 5.69. The van der Waals surface area contributed by atoms with Crippen LogP contribution in [-0.2, 0) is 25.5 Å². The number of nitrogens with one attached hydrogen (secondary N) is 4. The van der Waals surface area contributed by atoms with E-state index >= 15 is 0 Å². The summed E-state index contributed by atoms with van der Waals surface area (Å²) in [6.45, 7) is 5.43. The molecule has 4 N–H and O–H groups in total. The maximum Gasteiger partial charge on any atom is 0.407 e. The first kappa shape index (κ1) is 32.7. The first-order valence-electron chi connectivity index (χ1n) is 15.5. The average molecular weight is 635 g/mol. The van der Waals surface area contributed by atoms with Crippen molar-refractivity contribution in [2.75, 3.05) is 13.2 Å². The molecule has 4 aromatic carbocycles. The number of carbonyl (C=O) groups excluding carboxylic acids is 4. The second kappa shape index (κ2) is 15.6. The van der Waals surface area contributed by atoms with Gasteiger partial charge in [-0.3, -0.25) is 15.0 Å². The zero-order valence-electron chi connectivity index (χ0n) is 26.2. The molecule has 10 heteroatoms. The molecule has 0 aromatic heterocycles. The molecule has 0 spiro atoms. The Hall–Kier alpha value is -5.64. The van der Waals surface area contributed by atoms with Crippen molar-refractivity contribution in [1.82, 2.24) is 21.5 Å². The van der Waals surface area contributed by atoms with Crippen LogP contribution >= 0.6 is 0 Å². The van der Waals surface area contributed by atoms with E-state index in [1.165, 1.54) is 6.08 Å². The number of carbonyl (C=O) groups is 4. The number of rotatable bonds is 12. The lowest BCUT2D eigenvalue weighted by atomic mass is 9.98. The molecular formula is C37H38N4O6. The van der Waals surface area contributed by atoms with Crippen molar-refractivity contribution in [2.45, 2.75) is 44.2 Å². The van der Waals surface area contributed by atoms with E-state index in [0.717, 1.165) is 38.6 Å². The number of fused-ring (bicyclic) bond motifs is 4. The van der Waals surface area contributed by atoms with Crippen LogP contribution in [0.4, 0.5) is 9.59 Å². The van der Waals surface area contributed by atoms with Gasteiger partial charge >= 0.3 is 18.1 Å². The van der Waals surface area contributed by atoms with Crippen molar-refractivity contribution in [3.8, 4) is 11.1 Å². The lowest BCUT2D eigenvalue weighted by Gasteiger charge is -2.21. The zero-order chi connectivity index (χ0) is 33.2. The predicted octanol–water partition coefficient (Wildman–Crippen LogP) is 5.52. The van der Waals surface area contributed by atoms with Gasteiger partial charge in [0.2, 0.25) is 0 Å². The number of hydrogen-bond donors (Lipinski definition) is 4. The van der Waals surface area contributed by atoms with E-state index in [1.807, 2.05) is 78.9 Å². The van der Waals surface area contributed by atoms with Crippen molar-refractivity contribution in [1.29, 1.82) is 0 Å². The monoisotopic (exact) mass is 634 g/mol. The minimum atomic E-state index is -1.07. The number of hydrogen-bond acceptors (Lipinski definition) is 6. The molecule has 0 saturated heterocycles. The van der Waals surface area contributed by atoms with Crippen LogP contribution in [0.5, 0.6) is 0 Å². The molecule has 0 unspecified atom stereocenters. The van der Waals surface area contributed by atoms with E-state index in [0.29, 0.717) is 6.42 Å². The molecule has 242 valence electrons. The number of amides is 4. The average Bonchev–Trinajstić information content (AvgIpc) is 3.41. The third-order valence-corrected chi connectivity index (χ3v) is 8.03. The number of hydrazine groups is 1. The van der Waals surface area contributed by atoms with Gasteiger partial charge in [-0.1, -0.05) is 104 Å². The summed E-state index contributed by atoms with van der Waals surface area (Å²) in [5.74, 6) is -1.18. The second-order valence-corrected chi connectivity index (χ2v) is 11.4. The molecule has 0 bridgehead atoms. The summed E-state index contributed by atoms with van der Waals surface area (Å²) >= 11 is 0. The minimum absolute atomic E-state index is 0.0872. The number of alkyl carbamates (subject to hydrolysis) is 1. The molecule has 10 nitrogen and oxygen atoms in total. The fourth-order valence-electron chi connectivity index (χ4n) is 5.69. The first-order chi connectivity index (χ1) is 22.8. The predicted molar refractivity (Wildman–Crippen MR) is 179 cm³/mol. The van der Waals surface area contributed by atoms with Crippen LogP contribution in [0.15, 0.2) is 104 Å². The van der Waals surface area contributed by atoms with Gasteiger partial charge in [0.25, 0.3) is 5.91 Å². The molecule has 47 heavy (non-hydrogen) atoms. The maximum absolute atomic E-state index is 13.3. The number of ether oxygens (including phenoxy) is 2. The highest BCUT2D eigenvalue weighted by atomic mass is 16.5. The molecule has 5 rings (SSSR count). The van der Waals surface area contributed by atoms with Gasteiger partial charge in [0.1, 0.15) is 19.3 Å². The van der Waals surface area contributed by atoms with Crippen molar-refractivity contribution in [3.63, 3.8) is 0 Å². The van der Waals surface area contributed by atoms with Crippen LogP contribution in [-0.4, -0.2) is 49.3 Å². The summed E-state index contributed by atoms with van der Waals surface area (Å²) in [6, 6.07) is 27.6. The van der Waals surface area contributed by atoms with E-state index in [4.69, 9.17) is 9.47 Å². The molecule has 0 aliphatic heterocycles. The Labute approximate surface area is 273 Å². The fraction of sp³-hybridized carbons (Fsp3) is 0.243. The Bertz CT molecular complexity index is 1730. The molecular weight excluding hydrogens is 596 g/mol. The number of urea groups is 1. The molecule has 1 aliphatic rings. The van der Waals surface area contributed by atoms with E-state index in [9.17, 15) is 19.2 Å². The van der Waals surface area contributed by atoms with E-state index in [2.05, 4.69) is 40.2 Å². The molecule has 4 aromatic rings. The maximum atomic E-state index is 13.3. The van der Waals surface area contributed by atoms with Gasteiger partial charge in [-0.05, 0) is 51.9 Å². The summed E-state index contributed by atoms with van der Waals surface area (Å²) in [6.07, 6.45) is 1.32. The third-order valence-electron chi connectivity index (χ3n) is 8.03. The standard InChI is InChI=1S/C37H38N4O6/c1-3-20-46-34(42)19-16-24(2)38-36(44)41-40-35(43)33(22-25-17-18-26-10-4-5-11-27(26)21-25)39-37(45)47-23-32-30-14-8-6-12-28(30)29-13-7-9-15-31(29)32/h3-15,17-18,21,24,32-33H,1,16,19-20,22-23H2,2H3,(H,39,45)(H,40,43)(H2,38,41,44)/t24-,33+/m1/s1. The topological polar surface area (TPSA) is 135 Å². The Kier molecular flexibility index (Phi) is 10.9. The SMILES string of the molecule is C=CCOC(=O)CC[C@@H](C)NC(=O)NNC(=O)[C@H](Cc1ccc2ccccc2c1)NC(=O)OCC1c2ccccc2-c2ccccc21. The summed E-state index contributed by atoms with van der Waals surface area (Å²) in [4.78, 5) is 50.7. The summed E-state index contributed by atoms with van der Waals surface area (Å²) < 4.78 is 10.7.